The third-order valence-corrected chi connectivity index (χ3v) is 6.09. The number of fused-ring (bicyclic) bond motifs is 2. The number of aryl methyl sites for hydroxylation is 1. The fraction of sp³-hybridized carbons (Fsp3) is 0.333. The lowest BCUT2D eigenvalue weighted by Gasteiger charge is -2.07. The number of aromatic nitrogens is 2. The summed E-state index contributed by atoms with van der Waals surface area (Å²) in [5.74, 6) is -0.0781. The quantitative estimate of drug-likeness (QED) is 0.706. The zero-order valence-corrected chi connectivity index (χ0v) is 16.8. The van der Waals surface area contributed by atoms with E-state index in [4.69, 9.17) is 5.10 Å². The fourth-order valence-corrected chi connectivity index (χ4v) is 4.43. The van der Waals surface area contributed by atoms with E-state index >= 15 is 0 Å². The number of nitrogens with zero attached hydrogens (tertiary/aromatic N) is 2. The van der Waals surface area contributed by atoms with Crippen molar-refractivity contribution in [3.05, 3.63) is 81.7 Å². The van der Waals surface area contributed by atoms with Gasteiger partial charge in [0.1, 0.15) is 0 Å². The van der Waals surface area contributed by atoms with Gasteiger partial charge in [0.05, 0.1) is 5.69 Å². The molecule has 2 aliphatic rings. The molecule has 29 heavy (non-hydrogen) atoms. The van der Waals surface area contributed by atoms with E-state index in [9.17, 15) is 4.79 Å². The summed E-state index contributed by atoms with van der Waals surface area (Å²) < 4.78 is 1.97. The Bertz CT molecular complexity index is 1070. The third kappa shape index (κ3) is 3.36. The van der Waals surface area contributed by atoms with Crippen LogP contribution in [0.1, 0.15) is 57.3 Å². The molecule has 5 heteroatoms. The molecule has 1 aliphatic carbocycles. The van der Waals surface area contributed by atoms with Crippen LogP contribution in [0.15, 0.2) is 42.5 Å². The van der Waals surface area contributed by atoms with E-state index in [0.717, 1.165) is 55.6 Å². The Morgan fingerprint density at radius 1 is 1.07 bits per heavy atom. The summed E-state index contributed by atoms with van der Waals surface area (Å²) in [7, 11) is 0. The first-order valence-electron chi connectivity index (χ1n) is 10.5. The molecule has 0 radical (unpaired) electrons. The highest BCUT2D eigenvalue weighted by Gasteiger charge is 2.26. The van der Waals surface area contributed by atoms with Crippen LogP contribution in [0.25, 0.3) is 5.69 Å². The lowest BCUT2D eigenvalue weighted by Crippen LogP contribution is -2.24. The standard InChI is InChI=1S/C24H26N4O/c1-2-16-7-10-20(11-8-16)28-22-5-3-4-21(22)23(27-28)24(29)26-13-17-6-9-18-14-25-15-19(18)12-17/h6-12,25H,2-5,13-15H2,1H3,(H,26,29). The van der Waals surface area contributed by atoms with Gasteiger partial charge in [-0.25, -0.2) is 4.68 Å². The average Bonchev–Trinajstić information content (AvgIpc) is 3.48. The zero-order valence-electron chi connectivity index (χ0n) is 16.8. The molecule has 0 saturated heterocycles. The number of carbonyl (C=O) groups is 1. The van der Waals surface area contributed by atoms with E-state index in [1.165, 1.54) is 22.4 Å². The van der Waals surface area contributed by atoms with Gasteiger partial charge < -0.3 is 10.6 Å². The molecule has 0 bridgehead atoms. The van der Waals surface area contributed by atoms with Gasteiger partial charge in [0, 0.05) is 30.9 Å². The Kier molecular flexibility index (Phi) is 4.68. The zero-order chi connectivity index (χ0) is 19.8. The smallest absolute Gasteiger partial charge is 0.272 e. The molecule has 0 spiro atoms. The number of nitrogens with one attached hydrogen (secondary N) is 2. The summed E-state index contributed by atoms with van der Waals surface area (Å²) in [6, 6.07) is 14.9. The summed E-state index contributed by atoms with van der Waals surface area (Å²) in [6.45, 7) is 4.52. The molecule has 148 valence electrons. The molecule has 3 aromatic rings. The third-order valence-electron chi connectivity index (χ3n) is 6.09. The maximum Gasteiger partial charge on any atom is 0.272 e. The molecule has 0 atom stereocenters. The van der Waals surface area contributed by atoms with Crippen LogP contribution in [-0.4, -0.2) is 15.7 Å². The number of hydrogen-bond acceptors (Lipinski definition) is 3. The van der Waals surface area contributed by atoms with Gasteiger partial charge in [0.25, 0.3) is 5.91 Å². The van der Waals surface area contributed by atoms with Crippen molar-refractivity contribution in [2.45, 2.75) is 52.2 Å². The van der Waals surface area contributed by atoms with Crippen LogP contribution >= 0.6 is 0 Å². The van der Waals surface area contributed by atoms with Crippen LogP contribution in [-0.2, 0) is 38.9 Å². The van der Waals surface area contributed by atoms with Crippen molar-refractivity contribution in [2.75, 3.05) is 0 Å². The predicted molar refractivity (Wildman–Crippen MR) is 113 cm³/mol. The molecule has 1 amide bonds. The monoisotopic (exact) mass is 386 g/mol. The Morgan fingerprint density at radius 3 is 2.69 bits per heavy atom. The Balaban J connectivity index is 1.37. The molecule has 0 saturated carbocycles. The molecule has 1 aromatic heterocycles. The van der Waals surface area contributed by atoms with E-state index in [0.29, 0.717) is 12.2 Å². The highest BCUT2D eigenvalue weighted by atomic mass is 16.1. The normalized spacial score (nSPS) is 14.7. The second-order valence-corrected chi connectivity index (χ2v) is 7.95. The molecule has 5 nitrogen and oxygen atoms in total. The first-order valence-corrected chi connectivity index (χ1v) is 10.5. The molecular formula is C24H26N4O. The van der Waals surface area contributed by atoms with Crippen LogP contribution in [0.4, 0.5) is 0 Å². The minimum Gasteiger partial charge on any atom is -0.347 e. The van der Waals surface area contributed by atoms with Crippen LogP contribution in [0, 0.1) is 0 Å². The molecular weight excluding hydrogens is 360 g/mol. The van der Waals surface area contributed by atoms with E-state index in [1.54, 1.807) is 0 Å². The second-order valence-electron chi connectivity index (χ2n) is 7.95. The number of carbonyl (C=O) groups excluding carboxylic acids is 1. The number of hydrogen-bond donors (Lipinski definition) is 2. The van der Waals surface area contributed by atoms with Crippen molar-refractivity contribution >= 4 is 5.91 Å². The van der Waals surface area contributed by atoms with Gasteiger partial charge in [-0.3, -0.25) is 4.79 Å². The first kappa shape index (κ1) is 18.1. The van der Waals surface area contributed by atoms with Crippen molar-refractivity contribution in [1.29, 1.82) is 0 Å². The fourth-order valence-electron chi connectivity index (χ4n) is 4.43. The van der Waals surface area contributed by atoms with Gasteiger partial charge in [-0.1, -0.05) is 37.3 Å². The van der Waals surface area contributed by atoms with E-state index in [1.807, 2.05) is 4.68 Å². The first-order chi connectivity index (χ1) is 14.2. The van der Waals surface area contributed by atoms with Crippen molar-refractivity contribution in [1.82, 2.24) is 20.4 Å². The minimum absolute atomic E-state index is 0.0781. The summed E-state index contributed by atoms with van der Waals surface area (Å²) in [5.41, 5.74) is 9.03. The lowest BCUT2D eigenvalue weighted by atomic mass is 10.1. The van der Waals surface area contributed by atoms with Gasteiger partial charge in [-0.05, 0) is 60.1 Å². The van der Waals surface area contributed by atoms with Crippen molar-refractivity contribution in [3.63, 3.8) is 0 Å². The van der Waals surface area contributed by atoms with Crippen LogP contribution in [0.5, 0.6) is 0 Å². The number of amides is 1. The van der Waals surface area contributed by atoms with E-state index < -0.39 is 0 Å². The van der Waals surface area contributed by atoms with E-state index in [2.05, 4.69) is 60.0 Å². The van der Waals surface area contributed by atoms with E-state index in [-0.39, 0.29) is 5.91 Å². The van der Waals surface area contributed by atoms with Gasteiger partial charge in [0.2, 0.25) is 0 Å². The van der Waals surface area contributed by atoms with Crippen molar-refractivity contribution in [3.8, 4) is 5.69 Å². The molecule has 0 fully saturated rings. The Hall–Kier alpha value is -2.92. The van der Waals surface area contributed by atoms with Gasteiger partial charge >= 0.3 is 0 Å². The maximum absolute atomic E-state index is 13.0. The van der Waals surface area contributed by atoms with Gasteiger partial charge in [-0.15, -0.1) is 0 Å². The van der Waals surface area contributed by atoms with Gasteiger partial charge in [0.15, 0.2) is 5.69 Å². The highest BCUT2D eigenvalue weighted by Crippen LogP contribution is 2.28. The van der Waals surface area contributed by atoms with Crippen LogP contribution < -0.4 is 10.6 Å². The van der Waals surface area contributed by atoms with Gasteiger partial charge in [-0.2, -0.15) is 5.10 Å². The second kappa shape index (κ2) is 7.48. The summed E-state index contributed by atoms with van der Waals surface area (Å²) in [6.07, 6.45) is 4.00. The molecule has 0 unspecified atom stereocenters. The maximum atomic E-state index is 13.0. The number of rotatable bonds is 5. The Labute approximate surface area is 171 Å². The topological polar surface area (TPSA) is 59.0 Å². The predicted octanol–water partition coefficient (Wildman–Crippen LogP) is 3.46. The lowest BCUT2D eigenvalue weighted by molar-refractivity contribution is 0.0944. The summed E-state index contributed by atoms with van der Waals surface area (Å²) in [5, 5.41) is 11.2. The molecule has 2 heterocycles. The highest BCUT2D eigenvalue weighted by molar-refractivity contribution is 5.94. The molecule has 5 rings (SSSR count). The SMILES string of the molecule is CCc1ccc(-n2nc(C(=O)NCc3ccc4c(c3)CNC4)c3c2CCC3)cc1. The summed E-state index contributed by atoms with van der Waals surface area (Å²) in [4.78, 5) is 13.0. The van der Waals surface area contributed by atoms with Crippen LogP contribution in [0.2, 0.25) is 0 Å². The minimum atomic E-state index is -0.0781. The molecule has 1 aliphatic heterocycles. The average molecular weight is 386 g/mol. The van der Waals surface area contributed by atoms with Crippen LogP contribution in [0.3, 0.4) is 0 Å². The van der Waals surface area contributed by atoms with Crippen molar-refractivity contribution < 1.29 is 4.79 Å². The summed E-state index contributed by atoms with van der Waals surface area (Å²) >= 11 is 0. The molecule has 2 aromatic carbocycles. The number of benzene rings is 2. The van der Waals surface area contributed by atoms with Crippen molar-refractivity contribution in [2.24, 2.45) is 0 Å². The molecule has 2 N–H and O–H groups in total. The largest absolute Gasteiger partial charge is 0.347 e. The Morgan fingerprint density at radius 2 is 1.86 bits per heavy atom.